The number of likely N-dealkylation sites (tertiary alicyclic amines) is 1. The third-order valence-electron chi connectivity index (χ3n) is 4.52. The molecule has 3 amide bonds. The van der Waals surface area contributed by atoms with E-state index in [1.807, 2.05) is 13.8 Å². The Bertz CT molecular complexity index is 688. The third kappa shape index (κ3) is 5.98. The fourth-order valence-electron chi connectivity index (χ4n) is 2.82. The number of hydrogen-bond acceptors (Lipinski definition) is 4. The first kappa shape index (κ1) is 20.7. The van der Waals surface area contributed by atoms with Crippen LogP contribution in [-0.4, -0.2) is 67.4 Å². The lowest BCUT2D eigenvalue weighted by Crippen LogP contribution is -2.50. The van der Waals surface area contributed by atoms with Gasteiger partial charge in [-0.2, -0.15) is 0 Å². The molecule has 1 aliphatic rings. The van der Waals surface area contributed by atoms with E-state index >= 15 is 0 Å². The molecule has 1 aliphatic heterocycles. The standard InChI is InChI=1S/C20H29N3O4/c1-14(2)19(25)21-16-8-6-10-23(12-16)20(26)15-7-5-9-17(11-15)27-13-18(24)22(3)4/h5,7,9,11,14,16H,6,8,10,12-13H2,1-4H3,(H,21,25). The molecule has 1 unspecified atom stereocenters. The van der Waals surface area contributed by atoms with E-state index in [4.69, 9.17) is 4.74 Å². The van der Waals surface area contributed by atoms with E-state index < -0.39 is 0 Å². The Morgan fingerprint density at radius 2 is 2.04 bits per heavy atom. The van der Waals surface area contributed by atoms with E-state index in [1.54, 1.807) is 43.3 Å². The molecule has 2 rings (SSSR count). The Morgan fingerprint density at radius 1 is 1.30 bits per heavy atom. The number of ether oxygens (including phenoxy) is 1. The normalized spacial score (nSPS) is 16.8. The second kappa shape index (κ2) is 9.39. The van der Waals surface area contributed by atoms with Crippen molar-refractivity contribution < 1.29 is 19.1 Å². The minimum Gasteiger partial charge on any atom is -0.484 e. The van der Waals surface area contributed by atoms with E-state index in [1.165, 1.54) is 4.90 Å². The molecule has 27 heavy (non-hydrogen) atoms. The zero-order valence-electron chi connectivity index (χ0n) is 16.5. The van der Waals surface area contributed by atoms with Gasteiger partial charge in [-0.25, -0.2) is 0 Å². The molecule has 0 aliphatic carbocycles. The van der Waals surface area contributed by atoms with E-state index in [0.717, 1.165) is 12.8 Å². The van der Waals surface area contributed by atoms with Crippen LogP contribution in [0.5, 0.6) is 5.75 Å². The van der Waals surface area contributed by atoms with E-state index in [0.29, 0.717) is 24.4 Å². The van der Waals surface area contributed by atoms with E-state index in [9.17, 15) is 14.4 Å². The molecule has 1 N–H and O–H groups in total. The first-order chi connectivity index (χ1) is 12.8. The number of nitrogens with one attached hydrogen (secondary N) is 1. The fraction of sp³-hybridized carbons (Fsp3) is 0.550. The average Bonchev–Trinajstić information content (AvgIpc) is 2.65. The summed E-state index contributed by atoms with van der Waals surface area (Å²) in [5.41, 5.74) is 0.514. The summed E-state index contributed by atoms with van der Waals surface area (Å²) in [4.78, 5) is 39.6. The number of hydrogen-bond donors (Lipinski definition) is 1. The molecule has 148 valence electrons. The molecule has 1 heterocycles. The molecule has 0 spiro atoms. The van der Waals surface area contributed by atoms with Crippen LogP contribution in [0.3, 0.4) is 0 Å². The van der Waals surface area contributed by atoms with Crippen molar-refractivity contribution in [2.45, 2.75) is 32.7 Å². The SMILES string of the molecule is CC(C)C(=O)NC1CCCN(C(=O)c2cccc(OCC(=O)N(C)C)c2)C1. The maximum absolute atomic E-state index is 12.8. The van der Waals surface area contributed by atoms with Crippen molar-refractivity contribution in [3.63, 3.8) is 0 Å². The first-order valence-corrected chi connectivity index (χ1v) is 9.30. The molecule has 1 atom stereocenters. The van der Waals surface area contributed by atoms with Crippen molar-refractivity contribution in [1.82, 2.24) is 15.1 Å². The van der Waals surface area contributed by atoms with Crippen LogP contribution in [0, 0.1) is 5.92 Å². The number of rotatable bonds is 6. The quantitative estimate of drug-likeness (QED) is 0.818. The largest absolute Gasteiger partial charge is 0.484 e. The van der Waals surface area contributed by atoms with Crippen LogP contribution in [0.15, 0.2) is 24.3 Å². The van der Waals surface area contributed by atoms with Crippen molar-refractivity contribution in [3.8, 4) is 5.75 Å². The summed E-state index contributed by atoms with van der Waals surface area (Å²) in [6, 6.07) is 6.84. The molecule has 1 aromatic carbocycles. The number of likely N-dealkylation sites (N-methyl/N-ethyl adjacent to an activating group) is 1. The lowest BCUT2D eigenvalue weighted by atomic mass is 10.0. The minimum atomic E-state index is -0.147. The van der Waals surface area contributed by atoms with Gasteiger partial charge in [0.1, 0.15) is 5.75 Å². The Hall–Kier alpha value is -2.57. The molecule has 0 saturated carbocycles. The van der Waals surface area contributed by atoms with Gasteiger partial charge in [0.15, 0.2) is 6.61 Å². The summed E-state index contributed by atoms with van der Waals surface area (Å²) in [6.07, 6.45) is 1.72. The van der Waals surface area contributed by atoms with Crippen LogP contribution in [-0.2, 0) is 9.59 Å². The first-order valence-electron chi connectivity index (χ1n) is 9.30. The smallest absolute Gasteiger partial charge is 0.259 e. The fourth-order valence-corrected chi connectivity index (χ4v) is 2.82. The molecule has 1 fully saturated rings. The monoisotopic (exact) mass is 375 g/mol. The van der Waals surface area contributed by atoms with Gasteiger partial charge in [0.25, 0.3) is 11.8 Å². The van der Waals surface area contributed by atoms with Gasteiger partial charge < -0.3 is 19.9 Å². The number of nitrogens with zero attached hydrogens (tertiary/aromatic N) is 2. The van der Waals surface area contributed by atoms with Gasteiger partial charge in [-0.15, -0.1) is 0 Å². The second-order valence-electron chi connectivity index (χ2n) is 7.36. The van der Waals surface area contributed by atoms with Gasteiger partial charge in [-0.3, -0.25) is 14.4 Å². The summed E-state index contributed by atoms with van der Waals surface area (Å²) in [5.74, 6) is 0.178. The van der Waals surface area contributed by atoms with E-state index in [-0.39, 0.29) is 36.3 Å². The van der Waals surface area contributed by atoms with Gasteiger partial charge in [0.05, 0.1) is 0 Å². The highest BCUT2D eigenvalue weighted by Gasteiger charge is 2.26. The van der Waals surface area contributed by atoms with Crippen LogP contribution in [0.4, 0.5) is 0 Å². The summed E-state index contributed by atoms with van der Waals surface area (Å²) in [7, 11) is 3.33. The highest BCUT2D eigenvalue weighted by Crippen LogP contribution is 2.18. The maximum atomic E-state index is 12.8. The Morgan fingerprint density at radius 3 is 2.70 bits per heavy atom. The van der Waals surface area contributed by atoms with Crippen molar-refractivity contribution >= 4 is 17.7 Å². The summed E-state index contributed by atoms with van der Waals surface area (Å²) in [6.45, 7) is 4.80. The lowest BCUT2D eigenvalue weighted by molar-refractivity contribution is -0.130. The second-order valence-corrected chi connectivity index (χ2v) is 7.36. The Labute approximate surface area is 160 Å². The zero-order chi connectivity index (χ0) is 20.0. The summed E-state index contributed by atoms with van der Waals surface area (Å²) in [5, 5.41) is 3.01. The minimum absolute atomic E-state index is 0.00950. The van der Waals surface area contributed by atoms with Crippen molar-refractivity contribution in [1.29, 1.82) is 0 Å². The molecule has 7 heteroatoms. The van der Waals surface area contributed by atoms with Crippen molar-refractivity contribution in [2.24, 2.45) is 5.92 Å². The number of amides is 3. The summed E-state index contributed by atoms with van der Waals surface area (Å²) < 4.78 is 5.49. The molecular weight excluding hydrogens is 346 g/mol. The number of carbonyl (C=O) groups excluding carboxylic acids is 3. The topological polar surface area (TPSA) is 79.0 Å². The van der Waals surface area contributed by atoms with Gasteiger partial charge in [0.2, 0.25) is 5.91 Å². The number of benzene rings is 1. The third-order valence-corrected chi connectivity index (χ3v) is 4.52. The van der Waals surface area contributed by atoms with Crippen LogP contribution >= 0.6 is 0 Å². The maximum Gasteiger partial charge on any atom is 0.259 e. The van der Waals surface area contributed by atoms with Crippen molar-refractivity contribution in [3.05, 3.63) is 29.8 Å². The molecular formula is C20H29N3O4. The highest BCUT2D eigenvalue weighted by molar-refractivity contribution is 5.94. The number of carbonyl (C=O) groups is 3. The predicted octanol–water partition coefficient (Wildman–Crippen LogP) is 1.53. The van der Waals surface area contributed by atoms with Gasteiger partial charge in [-0.05, 0) is 31.0 Å². The molecule has 0 bridgehead atoms. The molecule has 0 radical (unpaired) electrons. The van der Waals surface area contributed by atoms with Gasteiger partial charge in [0, 0.05) is 44.7 Å². The molecule has 1 aromatic rings. The predicted molar refractivity (Wildman–Crippen MR) is 103 cm³/mol. The zero-order valence-corrected chi connectivity index (χ0v) is 16.5. The Kier molecular flexibility index (Phi) is 7.21. The van der Waals surface area contributed by atoms with Crippen LogP contribution in [0.25, 0.3) is 0 Å². The van der Waals surface area contributed by atoms with Crippen LogP contribution in [0.1, 0.15) is 37.0 Å². The van der Waals surface area contributed by atoms with E-state index in [2.05, 4.69) is 5.32 Å². The van der Waals surface area contributed by atoms with Crippen LogP contribution in [0.2, 0.25) is 0 Å². The lowest BCUT2D eigenvalue weighted by Gasteiger charge is -2.33. The van der Waals surface area contributed by atoms with Crippen LogP contribution < -0.4 is 10.1 Å². The van der Waals surface area contributed by atoms with Crippen molar-refractivity contribution in [2.75, 3.05) is 33.8 Å². The molecule has 0 aromatic heterocycles. The molecule has 7 nitrogen and oxygen atoms in total. The van der Waals surface area contributed by atoms with Gasteiger partial charge >= 0.3 is 0 Å². The molecule has 1 saturated heterocycles. The average molecular weight is 375 g/mol. The number of piperidine rings is 1. The van der Waals surface area contributed by atoms with Gasteiger partial charge in [-0.1, -0.05) is 19.9 Å². The summed E-state index contributed by atoms with van der Waals surface area (Å²) >= 11 is 0. The Balaban J connectivity index is 1.99. The highest BCUT2D eigenvalue weighted by atomic mass is 16.5.